The van der Waals surface area contributed by atoms with Crippen LogP contribution in [0.4, 0.5) is 0 Å². The van der Waals surface area contributed by atoms with Crippen LogP contribution in [0.15, 0.2) is 30.3 Å². The van der Waals surface area contributed by atoms with Crippen molar-refractivity contribution in [1.82, 2.24) is 5.32 Å². The van der Waals surface area contributed by atoms with Crippen LogP contribution in [0.1, 0.15) is 51.4 Å². The van der Waals surface area contributed by atoms with Gasteiger partial charge in [-0.25, -0.2) is 0 Å². The Balaban J connectivity index is 0.00000220. The summed E-state index contributed by atoms with van der Waals surface area (Å²) in [7, 11) is 0. The fraction of sp³-hybridized carbons (Fsp3) is 0.571. The monoisotopic (exact) mass is 244 g/mol. The van der Waals surface area contributed by atoms with Crippen LogP contribution in [-0.4, -0.2) is 6.50 Å². The smallest absolute Gasteiger partial charge is 0.0434 e. The van der Waals surface area contributed by atoms with Crippen molar-refractivity contribution in [3.63, 3.8) is 0 Å². The Hall–Kier alpha value is -0.530. The summed E-state index contributed by atoms with van der Waals surface area (Å²) < 4.78 is 38.0. The van der Waals surface area contributed by atoms with Gasteiger partial charge in [0.25, 0.3) is 0 Å². The number of rotatable bonds is 3. The first kappa shape index (κ1) is 7.73. The third kappa shape index (κ3) is 2.78. The Morgan fingerprint density at radius 1 is 1.25 bits per heavy atom. The molecule has 0 aliphatic heterocycles. The number of halogens is 1. The van der Waals surface area contributed by atoms with Crippen molar-refractivity contribution in [2.24, 2.45) is 0 Å². The van der Waals surface area contributed by atoms with Crippen molar-refractivity contribution < 1.29 is 6.85 Å². The second-order valence-corrected chi connectivity index (χ2v) is 4.26. The maximum atomic E-state index is 7.88. The van der Waals surface area contributed by atoms with Crippen LogP contribution in [-0.2, 0) is 5.54 Å². The van der Waals surface area contributed by atoms with Crippen molar-refractivity contribution >= 4 is 12.4 Å². The molecular weight excluding hydrogens is 218 g/mol. The quantitative estimate of drug-likeness (QED) is 0.851. The van der Waals surface area contributed by atoms with Gasteiger partial charge in [-0.15, -0.1) is 12.4 Å². The average Bonchev–Trinajstić information content (AvgIpc) is 2.39. The molecule has 1 aliphatic rings. The van der Waals surface area contributed by atoms with Crippen LogP contribution in [0.25, 0.3) is 0 Å². The van der Waals surface area contributed by atoms with Crippen molar-refractivity contribution in [2.45, 2.75) is 44.5 Å². The van der Waals surface area contributed by atoms with Gasteiger partial charge in [0.2, 0.25) is 0 Å². The second kappa shape index (κ2) is 6.27. The molecule has 1 aliphatic carbocycles. The third-order valence-corrected chi connectivity index (χ3v) is 3.34. The lowest BCUT2D eigenvalue weighted by Crippen LogP contribution is -2.43. The van der Waals surface area contributed by atoms with Crippen LogP contribution in [0.3, 0.4) is 0 Å². The lowest BCUT2D eigenvalue weighted by molar-refractivity contribution is 0.238. The van der Waals surface area contributed by atoms with Gasteiger partial charge in [0.15, 0.2) is 0 Å². The van der Waals surface area contributed by atoms with Crippen molar-refractivity contribution in [3.8, 4) is 0 Å². The Morgan fingerprint density at radius 2 is 1.94 bits per heavy atom. The van der Waals surface area contributed by atoms with E-state index in [0.717, 1.165) is 37.7 Å². The molecule has 2 heteroatoms. The standard InChI is InChI=1S/C14H21N.ClH/c1-2-15-14(11-7-4-8-12-14)13-9-5-3-6-10-13;/h3,5-6,9-10,15H,2,4,7-8,11-12H2,1H3;1H/i1D3,2D2;. The predicted molar refractivity (Wildman–Crippen MR) is 72.1 cm³/mol. The highest BCUT2D eigenvalue weighted by molar-refractivity contribution is 5.85. The fourth-order valence-electron chi connectivity index (χ4n) is 2.52. The summed E-state index contributed by atoms with van der Waals surface area (Å²) in [6.07, 6.45) is 4.63. The molecule has 0 aromatic heterocycles. The van der Waals surface area contributed by atoms with Crippen LogP contribution in [0.5, 0.6) is 0 Å². The maximum absolute atomic E-state index is 7.88. The molecule has 90 valence electrons. The SMILES string of the molecule is Cl.[2H]C([2H])([2H])C([2H])([2H])NC1(c2ccccc2)CCCCC1. The van der Waals surface area contributed by atoms with Crippen molar-refractivity contribution in [1.29, 1.82) is 0 Å². The molecule has 1 aromatic carbocycles. The zero-order valence-electron chi connectivity index (χ0n) is 14.3. The van der Waals surface area contributed by atoms with Gasteiger partial charge in [-0.05, 0) is 24.9 Å². The molecule has 0 unspecified atom stereocenters. The van der Waals surface area contributed by atoms with E-state index >= 15 is 0 Å². The van der Waals surface area contributed by atoms with Gasteiger partial charge >= 0.3 is 0 Å². The molecule has 16 heavy (non-hydrogen) atoms. The molecular formula is C14H22ClN. The molecule has 0 spiro atoms. The molecule has 2 rings (SSSR count). The lowest BCUT2D eigenvalue weighted by atomic mass is 9.76. The van der Waals surface area contributed by atoms with Gasteiger partial charge in [0, 0.05) is 12.4 Å². The predicted octanol–water partition coefficient (Wildman–Crippen LogP) is 3.88. The van der Waals surface area contributed by atoms with Crippen LogP contribution in [0.2, 0.25) is 0 Å². The Morgan fingerprint density at radius 3 is 2.56 bits per heavy atom. The molecule has 1 fully saturated rings. The minimum atomic E-state index is -2.67. The number of benzene rings is 1. The number of hydrogen-bond acceptors (Lipinski definition) is 1. The lowest BCUT2D eigenvalue weighted by Gasteiger charge is -2.38. The van der Waals surface area contributed by atoms with E-state index in [1.807, 2.05) is 30.3 Å². The highest BCUT2D eigenvalue weighted by Gasteiger charge is 2.32. The summed E-state index contributed by atoms with van der Waals surface area (Å²) in [5, 5.41) is 2.84. The van der Waals surface area contributed by atoms with Crippen molar-refractivity contribution in [3.05, 3.63) is 35.9 Å². The number of nitrogens with one attached hydrogen (secondary N) is 1. The molecule has 0 radical (unpaired) electrons. The third-order valence-electron chi connectivity index (χ3n) is 3.34. The zero-order chi connectivity index (χ0) is 14.9. The van der Waals surface area contributed by atoms with Crippen molar-refractivity contribution in [2.75, 3.05) is 6.50 Å². The minimum absolute atomic E-state index is 0. The van der Waals surface area contributed by atoms with E-state index in [0.29, 0.717) is 0 Å². The van der Waals surface area contributed by atoms with Gasteiger partial charge in [-0.3, -0.25) is 0 Å². The van der Waals surface area contributed by atoms with Gasteiger partial charge in [-0.1, -0.05) is 56.4 Å². The molecule has 1 saturated carbocycles. The zero-order valence-corrected chi connectivity index (χ0v) is 10.1. The fourth-order valence-corrected chi connectivity index (χ4v) is 2.52. The Kier molecular flexibility index (Phi) is 3.03. The van der Waals surface area contributed by atoms with Gasteiger partial charge in [0.1, 0.15) is 0 Å². The summed E-state index contributed by atoms with van der Waals surface area (Å²) in [6.45, 7) is -5.06. The first-order valence-corrected chi connectivity index (χ1v) is 5.62. The normalized spacial score (nSPS) is 25.1. The summed E-state index contributed by atoms with van der Waals surface area (Å²) in [4.78, 5) is 0. The second-order valence-electron chi connectivity index (χ2n) is 4.26. The summed E-state index contributed by atoms with van der Waals surface area (Å²) in [5.41, 5.74) is 0.407. The Bertz CT molecular complexity index is 440. The Labute approximate surface area is 112 Å². The molecule has 0 atom stereocenters. The highest BCUT2D eigenvalue weighted by atomic mass is 35.5. The van der Waals surface area contributed by atoms with Crippen LogP contribution < -0.4 is 5.32 Å². The van der Waals surface area contributed by atoms with E-state index in [1.165, 1.54) is 0 Å². The largest absolute Gasteiger partial charge is 0.308 e. The van der Waals surface area contributed by atoms with Gasteiger partial charge in [0.05, 0.1) is 0 Å². The summed E-state index contributed by atoms with van der Waals surface area (Å²) in [6, 6.07) is 9.65. The van der Waals surface area contributed by atoms with Crippen LogP contribution >= 0.6 is 12.4 Å². The van der Waals surface area contributed by atoms with E-state index in [2.05, 4.69) is 5.32 Å². The molecule has 0 heterocycles. The van der Waals surface area contributed by atoms with E-state index in [9.17, 15) is 0 Å². The molecule has 1 aromatic rings. The minimum Gasteiger partial charge on any atom is -0.308 e. The van der Waals surface area contributed by atoms with E-state index in [1.54, 1.807) is 0 Å². The molecule has 0 amide bonds. The first-order valence-electron chi connectivity index (χ1n) is 8.12. The molecule has 0 saturated heterocycles. The average molecular weight is 245 g/mol. The van der Waals surface area contributed by atoms with Crippen LogP contribution in [0, 0.1) is 0 Å². The van der Waals surface area contributed by atoms with E-state index in [-0.39, 0.29) is 12.4 Å². The van der Waals surface area contributed by atoms with Gasteiger partial charge < -0.3 is 5.32 Å². The number of hydrogen-bond donors (Lipinski definition) is 1. The van der Waals surface area contributed by atoms with E-state index < -0.39 is 18.9 Å². The molecule has 1 N–H and O–H groups in total. The summed E-state index contributed by atoms with van der Waals surface area (Å²) in [5.74, 6) is 0. The molecule has 1 nitrogen and oxygen atoms in total. The summed E-state index contributed by atoms with van der Waals surface area (Å²) >= 11 is 0. The van der Waals surface area contributed by atoms with Gasteiger partial charge in [-0.2, -0.15) is 0 Å². The topological polar surface area (TPSA) is 12.0 Å². The molecule has 0 bridgehead atoms. The maximum Gasteiger partial charge on any atom is 0.0434 e. The van der Waals surface area contributed by atoms with E-state index in [4.69, 9.17) is 6.85 Å². The first-order chi connectivity index (χ1) is 9.27. The highest BCUT2D eigenvalue weighted by Crippen LogP contribution is 2.36.